The van der Waals surface area contributed by atoms with Gasteiger partial charge < -0.3 is 4.90 Å². The fraction of sp³-hybridized carbons (Fsp3) is 0.286. The van der Waals surface area contributed by atoms with Crippen LogP contribution in [0.3, 0.4) is 0 Å². The van der Waals surface area contributed by atoms with Crippen molar-refractivity contribution < 1.29 is 8.42 Å². The lowest BCUT2D eigenvalue weighted by Gasteiger charge is -2.17. The minimum absolute atomic E-state index is 0.306. The number of sulfonamides is 1. The Labute approximate surface area is 125 Å². The highest BCUT2D eigenvalue weighted by Gasteiger charge is 2.17. The topological polar surface area (TPSA) is 49.4 Å². The molecule has 0 radical (unpaired) electrons. The van der Waals surface area contributed by atoms with E-state index in [1.165, 1.54) is 0 Å². The van der Waals surface area contributed by atoms with Crippen molar-refractivity contribution in [2.24, 2.45) is 0 Å². The van der Waals surface area contributed by atoms with E-state index in [1.807, 2.05) is 43.3 Å². The highest BCUT2D eigenvalue weighted by Crippen LogP contribution is 2.29. The SMILES string of the molecule is CN(C)c1cccc2c(S(=O)(=O)NCCS)cccc12. The van der Waals surface area contributed by atoms with Gasteiger partial charge in [0.1, 0.15) is 0 Å². The summed E-state index contributed by atoms with van der Waals surface area (Å²) in [6.45, 7) is 0.315. The van der Waals surface area contributed by atoms with E-state index in [9.17, 15) is 8.42 Å². The quantitative estimate of drug-likeness (QED) is 0.832. The largest absolute Gasteiger partial charge is 0.377 e. The molecule has 6 heteroatoms. The second-order valence-corrected chi connectivity index (χ2v) is 6.83. The van der Waals surface area contributed by atoms with Crippen LogP contribution >= 0.6 is 12.6 Å². The van der Waals surface area contributed by atoms with Crippen molar-refractivity contribution in [3.05, 3.63) is 36.4 Å². The molecule has 2 aromatic rings. The summed E-state index contributed by atoms with van der Waals surface area (Å²) in [5.74, 6) is 0.465. The number of fused-ring (bicyclic) bond motifs is 1. The summed E-state index contributed by atoms with van der Waals surface area (Å²) in [5.41, 5.74) is 0.994. The van der Waals surface area contributed by atoms with Crippen molar-refractivity contribution in [1.29, 1.82) is 0 Å². The molecule has 0 aromatic heterocycles. The Bertz CT molecular complexity index is 712. The van der Waals surface area contributed by atoms with Crippen molar-refractivity contribution in [2.45, 2.75) is 4.90 Å². The van der Waals surface area contributed by atoms with Gasteiger partial charge >= 0.3 is 0 Å². The first-order valence-corrected chi connectivity index (χ1v) is 8.38. The summed E-state index contributed by atoms with van der Waals surface area (Å²) in [6.07, 6.45) is 0. The lowest BCUT2D eigenvalue weighted by molar-refractivity contribution is 0.585. The maximum absolute atomic E-state index is 12.3. The second-order valence-electron chi connectivity index (χ2n) is 4.64. The zero-order chi connectivity index (χ0) is 14.8. The van der Waals surface area contributed by atoms with Gasteiger partial charge in [-0.2, -0.15) is 12.6 Å². The predicted molar refractivity (Wildman–Crippen MR) is 87.3 cm³/mol. The van der Waals surface area contributed by atoms with Crippen LogP contribution in [0.1, 0.15) is 0 Å². The lowest BCUT2D eigenvalue weighted by atomic mass is 10.1. The molecule has 20 heavy (non-hydrogen) atoms. The summed E-state index contributed by atoms with van der Waals surface area (Å²) in [7, 11) is 0.370. The summed E-state index contributed by atoms with van der Waals surface area (Å²) in [5, 5.41) is 1.65. The Morgan fingerprint density at radius 2 is 1.75 bits per heavy atom. The first-order valence-electron chi connectivity index (χ1n) is 6.27. The molecule has 0 bridgehead atoms. The van der Waals surface area contributed by atoms with Gasteiger partial charge in [-0.05, 0) is 12.1 Å². The number of thiol groups is 1. The molecule has 0 aliphatic rings. The van der Waals surface area contributed by atoms with Gasteiger partial charge in [0.05, 0.1) is 4.90 Å². The van der Waals surface area contributed by atoms with Crippen molar-refractivity contribution in [3.8, 4) is 0 Å². The van der Waals surface area contributed by atoms with Gasteiger partial charge in [-0.3, -0.25) is 0 Å². The molecule has 0 saturated carbocycles. The molecule has 4 nitrogen and oxygen atoms in total. The van der Waals surface area contributed by atoms with Crippen LogP contribution in [0.5, 0.6) is 0 Å². The van der Waals surface area contributed by atoms with Gasteiger partial charge in [-0.1, -0.05) is 24.3 Å². The van der Waals surface area contributed by atoms with Crippen molar-refractivity contribution >= 4 is 39.1 Å². The minimum Gasteiger partial charge on any atom is -0.377 e. The Morgan fingerprint density at radius 3 is 2.40 bits per heavy atom. The molecule has 1 N–H and O–H groups in total. The van der Waals surface area contributed by atoms with E-state index in [4.69, 9.17) is 0 Å². The smallest absolute Gasteiger partial charge is 0.241 e. The number of nitrogens with one attached hydrogen (secondary N) is 1. The zero-order valence-electron chi connectivity index (χ0n) is 11.5. The van der Waals surface area contributed by atoms with Crippen LogP contribution in [-0.2, 0) is 10.0 Å². The molecule has 0 atom stereocenters. The third-order valence-corrected chi connectivity index (χ3v) is 4.78. The van der Waals surface area contributed by atoms with Crippen LogP contribution in [0, 0.1) is 0 Å². The van der Waals surface area contributed by atoms with Crippen LogP contribution in [-0.4, -0.2) is 34.8 Å². The molecule has 0 spiro atoms. The van der Waals surface area contributed by atoms with E-state index in [2.05, 4.69) is 17.4 Å². The normalized spacial score (nSPS) is 11.8. The monoisotopic (exact) mass is 310 g/mol. The van der Waals surface area contributed by atoms with Crippen molar-refractivity contribution in [3.63, 3.8) is 0 Å². The maximum atomic E-state index is 12.3. The third-order valence-electron chi connectivity index (χ3n) is 3.03. The second kappa shape index (κ2) is 6.03. The van der Waals surface area contributed by atoms with Gasteiger partial charge in [0.2, 0.25) is 10.0 Å². The average Bonchev–Trinajstić information content (AvgIpc) is 2.43. The number of nitrogens with zero attached hydrogens (tertiary/aromatic N) is 1. The Morgan fingerprint density at radius 1 is 1.10 bits per heavy atom. The minimum atomic E-state index is -3.51. The third kappa shape index (κ3) is 2.92. The van der Waals surface area contributed by atoms with Gasteiger partial charge in [-0.25, -0.2) is 13.1 Å². The summed E-state index contributed by atoms with van der Waals surface area (Å²) >= 11 is 4.03. The van der Waals surface area contributed by atoms with E-state index in [0.717, 1.165) is 16.5 Å². The van der Waals surface area contributed by atoms with E-state index in [-0.39, 0.29) is 0 Å². The molecule has 0 saturated heterocycles. The van der Waals surface area contributed by atoms with Crippen LogP contribution in [0.4, 0.5) is 5.69 Å². The first kappa shape index (κ1) is 15.2. The molecule has 108 valence electrons. The lowest BCUT2D eigenvalue weighted by Crippen LogP contribution is -2.25. The molecule has 0 heterocycles. The highest BCUT2D eigenvalue weighted by molar-refractivity contribution is 7.89. The first-order chi connectivity index (χ1) is 9.47. The van der Waals surface area contributed by atoms with E-state index in [0.29, 0.717) is 17.2 Å². The average molecular weight is 310 g/mol. The molecule has 0 aliphatic carbocycles. The van der Waals surface area contributed by atoms with Gasteiger partial charge in [-0.15, -0.1) is 0 Å². The number of rotatable bonds is 5. The summed E-state index contributed by atoms with van der Waals surface area (Å²) in [6, 6.07) is 11.0. The fourth-order valence-corrected chi connectivity index (χ4v) is 3.66. The Balaban J connectivity index is 2.64. The highest BCUT2D eigenvalue weighted by atomic mass is 32.2. The standard InChI is InChI=1S/C14H18N2O2S2/c1-16(2)13-7-3-6-12-11(13)5-4-8-14(12)20(17,18)15-9-10-19/h3-8,15,19H,9-10H2,1-2H3. The molecular weight excluding hydrogens is 292 g/mol. The van der Waals surface area contributed by atoms with Crippen LogP contribution < -0.4 is 9.62 Å². The van der Waals surface area contributed by atoms with E-state index < -0.39 is 10.0 Å². The van der Waals surface area contributed by atoms with Gasteiger partial charge in [0.25, 0.3) is 0 Å². The van der Waals surface area contributed by atoms with Crippen LogP contribution in [0.2, 0.25) is 0 Å². The van der Waals surface area contributed by atoms with E-state index in [1.54, 1.807) is 12.1 Å². The Kier molecular flexibility index (Phi) is 4.57. The van der Waals surface area contributed by atoms with E-state index >= 15 is 0 Å². The number of anilines is 1. The van der Waals surface area contributed by atoms with Crippen LogP contribution in [0.25, 0.3) is 10.8 Å². The predicted octanol–water partition coefficient (Wildman–Crippen LogP) is 2.11. The molecule has 2 aromatic carbocycles. The maximum Gasteiger partial charge on any atom is 0.241 e. The molecular formula is C14H18N2O2S2. The van der Waals surface area contributed by atoms with Gasteiger partial charge in [0.15, 0.2) is 0 Å². The molecule has 0 aliphatic heterocycles. The fourth-order valence-electron chi connectivity index (χ4n) is 2.15. The number of benzene rings is 2. The van der Waals surface area contributed by atoms with Gasteiger partial charge in [0, 0.05) is 42.9 Å². The molecule has 0 amide bonds. The molecule has 0 unspecified atom stereocenters. The zero-order valence-corrected chi connectivity index (χ0v) is 13.2. The molecule has 2 rings (SSSR count). The Hall–Kier alpha value is -1.24. The summed E-state index contributed by atoms with van der Waals surface area (Å²) in [4.78, 5) is 2.28. The number of hydrogen-bond acceptors (Lipinski definition) is 4. The molecule has 0 fully saturated rings. The van der Waals surface area contributed by atoms with Crippen molar-refractivity contribution in [1.82, 2.24) is 4.72 Å². The number of hydrogen-bond donors (Lipinski definition) is 2. The van der Waals surface area contributed by atoms with Crippen molar-refractivity contribution in [2.75, 3.05) is 31.3 Å². The van der Waals surface area contributed by atoms with Crippen LogP contribution in [0.15, 0.2) is 41.3 Å². The summed E-state index contributed by atoms with van der Waals surface area (Å²) < 4.78 is 27.2.